The van der Waals surface area contributed by atoms with Crippen molar-refractivity contribution in [3.8, 4) is 0 Å². The first kappa shape index (κ1) is 13.9. The van der Waals surface area contributed by atoms with Crippen LogP contribution in [-0.4, -0.2) is 23.0 Å². The summed E-state index contributed by atoms with van der Waals surface area (Å²) < 4.78 is 4.57. The lowest BCUT2D eigenvalue weighted by Crippen LogP contribution is -2.13. The normalized spacial score (nSPS) is 11.4. The third-order valence-corrected chi connectivity index (χ3v) is 2.44. The predicted molar refractivity (Wildman–Crippen MR) is 65.9 cm³/mol. The lowest BCUT2D eigenvalue weighted by molar-refractivity contribution is -0.139. The number of esters is 1. The van der Waals surface area contributed by atoms with Gasteiger partial charge in [-0.25, -0.2) is 9.97 Å². The van der Waals surface area contributed by atoms with E-state index in [-0.39, 0.29) is 17.8 Å². The third kappa shape index (κ3) is 4.69. The molecule has 17 heavy (non-hydrogen) atoms. The van der Waals surface area contributed by atoms with Crippen LogP contribution in [0.15, 0.2) is 6.20 Å². The summed E-state index contributed by atoms with van der Waals surface area (Å²) in [6.45, 7) is 6.31. The van der Waals surface area contributed by atoms with Gasteiger partial charge in [-0.1, -0.05) is 32.4 Å². The minimum atomic E-state index is -0.348. The molecule has 0 saturated heterocycles. The van der Waals surface area contributed by atoms with Gasteiger partial charge in [0.25, 0.3) is 0 Å². The second kappa shape index (κ2) is 5.45. The number of halogens is 1. The molecule has 1 aromatic heterocycles. The second-order valence-corrected chi connectivity index (χ2v) is 5.45. The van der Waals surface area contributed by atoms with E-state index in [1.54, 1.807) is 6.20 Å². The van der Waals surface area contributed by atoms with E-state index in [0.717, 1.165) is 6.42 Å². The third-order valence-electron chi connectivity index (χ3n) is 2.11. The van der Waals surface area contributed by atoms with Crippen molar-refractivity contribution in [3.63, 3.8) is 0 Å². The van der Waals surface area contributed by atoms with Crippen LogP contribution in [0.2, 0.25) is 5.15 Å². The van der Waals surface area contributed by atoms with Gasteiger partial charge in [0.15, 0.2) is 0 Å². The van der Waals surface area contributed by atoms with Crippen LogP contribution in [0, 0.1) is 5.41 Å². The van der Waals surface area contributed by atoms with Crippen LogP contribution in [-0.2, 0) is 22.4 Å². The van der Waals surface area contributed by atoms with Crippen molar-refractivity contribution in [3.05, 3.63) is 22.7 Å². The molecule has 0 saturated carbocycles. The molecule has 0 aliphatic heterocycles. The van der Waals surface area contributed by atoms with E-state index in [0.29, 0.717) is 16.5 Å². The Labute approximate surface area is 106 Å². The molecule has 0 unspecified atom stereocenters. The first-order valence-electron chi connectivity index (χ1n) is 5.39. The quantitative estimate of drug-likeness (QED) is 0.616. The Balaban J connectivity index is 2.83. The van der Waals surface area contributed by atoms with E-state index in [9.17, 15) is 4.79 Å². The molecule has 1 heterocycles. The summed E-state index contributed by atoms with van der Waals surface area (Å²) >= 11 is 6.00. The van der Waals surface area contributed by atoms with Gasteiger partial charge in [0.05, 0.1) is 13.5 Å². The van der Waals surface area contributed by atoms with E-state index >= 15 is 0 Å². The average Bonchev–Trinajstić information content (AvgIpc) is 2.19. The Bertz CT molecular complexity index is 413. The van der Waals surface area contributed by atoms with E-state index in [1.165, 1.54) is 7.11 Å². The molecule has 0 bridgehead atoms. The molecule has 0 aliphatic rings. The Morgan fingerprint density at radius 2 is 2.12 bits per heavy atom. The highest BCUT2D eigenvalue weighted by Gasteiger charge is 2.15. The van der Waals surface area contributed by atoms with Crippen molar-refractivity contribution in [1.29, 1.82) is 0 Å². The van der Waals surface area contributed by atoms with Gasteiger partial charge in [0, 0.05) is 18.2 Å². The number of methoxy groups -OCH3 is 1. The fourth-order valence-corrected chi connectivity index (χ4v) is 1.54. The fraction of sp³-hybridized carbons (Fsp3) is 0.583. The summed E-state index contributed by atoms with van der Waals surface area (Å²) in [5.41, 5.74) is 0.698. The van der Waals surface area contributed by atoms with Gasteiger partial charge in [-0.15, -0.1) is 0 Å². The van der Waals surface area contributed by atoms with Crippen LogP contribution < -0.4 is 0 Å². The van der Waals surface area contributed by atoms with Crippen LogP contribution in [0.25, 0.3) is 0 Å². The Hall–Kier alpha value is -1.16. The highest BCUT2D eigenvalue weighted by Crippen LogP contribution is 2.20. The van der Waals surface area contributed by atoms with E-state index in [1.807, 2.05) is 0 Å². The van der Waals surface area contributed by atoms with E-state index < -0.39 is 0 Å². The lowest BCUT2D eigenvalue weighted by atomic mass is 9.92. The second-order valence-electron chi connectivity index (χ2n) is 5.09. The van der Waals surface area contributed by atoms with Crippen molar-refractivity contribution in [2.45, 2.75) is 33.6 Å². The van der Waals surface area contributed by atoms with Crippen molar-refractivity contribution in [2.75, 3.05) is 7.11 Å². The number of nitrogens with zero attached hydrogens (tertiary/aromatic N) is 2. The summed E-state index contributed by atoms with van der Waals surface area (Å²) in [7, 11) is 1.34. The monoisotopic (exact) mass is 256 g/mol. The SMILES string of the molecule is COC(=O)Cc1cnc(CC(C)(C)C)nc1Cl. The molecule has 0 radical (unpaired) electrons. The van der Waals surface area contributed by atoms with Crippen molar-refractivity contribution < 1.29 is 9.53 Å². The van der Waals surface area contributed by atoms with Crippen LogP contribution in [0.5, 0.6) is 0 Å². The van der Waals surface area contributed by atoms with Crippen LogP contribution in [0.1, 0.15) is 32.2 Å². The van der Waals surface area contributed by atoms with E-state index in [2.05, 4.69) is 35.5 Å². The maximum absolute atomic E-state index is 11.1. The smallest absolute Gasteiger partial charge is 0.310 e. The van der Waals surface area contributed by atoms with Crippen LogP contribution in [0.4, 0.5) is 0 Å². The molecule has 0 atom stereocenters. The maximum atomic E-state index is 11.1. The zero-order valence-electron chi connectivity index (χ0n) is 10.6. The number of hydrogen-bond donors (Lipinski definition) is 0. The standard InChI is InChI=1S/C12H17ClN2O2/c1-12(2,3)6-9-14-7-8(11(13)15-9)5-10(16)17-4/h7H,5-6H2,1-4H3. The minimum absolute atomic E-state index is 0.102. The van der Waals surface area contributed by atoms with E-state index in [4.69, 9.17) is 11.6 Å². The summed E-state index contributed by atoms with van der Waals surface area (Å²) in [5.74, 6) is 0.343. The van der Waals surface area contributed by atoms with Crippen molar-refractivity contribution in [2.24, 2.45) is 5.41 Å². The molecule has 0 spiro atoms. The number of hydrogen-bond acceptors (Lipinski definition) is 4. The number of ether oxygens (including phenoxy) is 1. The first-order valence-corrected chi connectivity index (χ1v) is 5.77. The first-order chi connectivity index (χ1) is 7.81. The molecule has 1 rings (SSSR count). The highest BCUT2D eigenvalue weighted by molar-refractivity contribution is 6.30. The summed E-state index contributed by atoms with van der Waals surface area (Å²) in [6, 6.07) is 0. The molecule has 94 valence electrons. The Kier molecular flexibility index (Phi) is 4.46. The Morgan fingerprint density at radius 1 is 1.47 bits per heavy atom. The van der Waals surface area contributed by atoms with Gasteiger partial charge in [-0.2, -0.15) is 0 Å². The average molecular weight is 257 g/mol. The van der Waals surface area contributed by atoms with Gasteiger partial charge in [-0.3, -0.25) is 4.79 Å². The van der Waals surface area contributed by atoms with Gasteiger partial charge in [-0.05, 0) is 5.41 Å². The van der Waals surface area contributed by atoms with Gasteiger partial charge in [0.1, 0.15) is 11.0 Å². The van der Waals surface area contributed by atoms with Crippen molar-refractivity contribution >= 4 is 17.6 Å². The van der Waals surface area contributed by atoms with Crippen LogP contribution >= 0.6 is 11.6 Å². The topological polar surface area (TPSA) is 52.1 Å². The maximum Gasteiger partial charge on any atom is 0.310 e. The zero-order valence-corrected chi connectivity index (χ0v) is 11.3. The number of carbonyl (C=O) groups excluding carboxylic acids is 1. The minimum Gasteiger partial charge on any atom is -0.469 e. The summed E-state index contributed by atoms with van der Waals surface area (Å²) in [6.07, 6.45) is 2.43. The Morgan fingerprint density at radius 3 is 2.59 bits per heavy atom. The zero-order chi connectivity index (χ0) is 13.1. The molecule has 0 aromatic carbocycles. The molecule has 4 nitrogen and oxygen atoms in total. The van der Waals surface area contributed by atoms with Gasteiger partial charge < -0.3 is 4.74 Å². The number of aromatic nitrogens is 2. The molecule has 0 N–H and O–H groups in total. The number of carbonyl (C=O) groups is 1. The molecular formula is C12H17ClN2O2. The molecule has 5 heteroatoms. The lowest BCUT2D eigenvalue weighted by Gasteiger charge is -2.16. The molecular weight excluding hydrogens is 240 g/mol. The van der Waals surface area contributed by atoms with Gasteiger partial charge >= 0.3 is 5.97 Å². The molecule has 0 fully saturated rings. The predicted octanol–water partition coefficient (Wildman–Crippen LogP) is 2.43. The molecule has 0 amide bonds. The largest absolute Gasteiger partial charge is 0.469 e. The molecule has 1 aromatic rings. The summed E-state index contributed by atoms with van der Waals surface area (Å²) in [4.78, 5) is 19.5. The molecule has 0 aliphatic carbocycles. The van der Waals surface area contributed by atoms with Gasteiger partial charge in [0.2, 0.25) is 0 Å². The summed E-state index contributed by atoms with van der Waals surface area (Å²) in [5, 5.41) is 0.324. The highest BCUT2D eigenvalue weighted by atomic mass is 35.5. The van der Waals surface area contributed by atoms with Crippen LogP contribution in [0.3, 0.4) is 0 Å². The fourth-order valence-electron chi connectivity index (χ4n) is 1.33. The number of rotatable bonds is 3. The van der Waals surface area contributed by atoms with Crippen molar-refractivity contribution in [1.82, 2.24) is 9.97 Å².